The zero-order valence-corrected chi connectivity index (χ0v) is 12.6. The van der Waals surface area contributed by atoms with Crippen molar-refractivity contribution in [2.24, 2.45) is 0 Å². The third-order valence-electron chi connectivity index (χ3n) is 3.78. The maximum atomic E-state index is 12.3. The molecule has 1 amide bonds. The Balaban J connectivity index is 2.03. The van der Waals surface area contributed by atoms with Crippen LogP contribution >= 0.6 is 11.6 Å². The average molecular weight is 298 g/mol. The summed E-state index contributed by atoms with van der Waals surface area (Å²) in [6, 6.07) is 5.27. The first-order valence-electron chi connectivity index (χ1n) is 6.74. The van der Waals surface area contributed by atoms with E-state index in [0.717, 1.165) is 5.56 Å². The maximum Gasteiger partial charge on any atom is 0.227 e. The lowest BCUT2D eigenvalue weighted by Crippen LogP contribution is -2.45. The number of amides is 1. The number of carbonyl (C=O) groups is 1. The number of piperidine rings is 1. The number of rotatable bonds is 3. The molecule has 1 fully saturated rings. The molecule has 20 heavy (non-hydrogen) atoms. The largest absolute Gasteiger partial charge is 0.496 e. The first-order valence-corrected chi connectivity index (χ1v) is 7.12. The van der Waals surface area contributed by atoms with Gasteiger partial charge < -0.3 is 14.7 Å². The molecule has 1 aromatic rings. The van der Waals surface area contributed by atoms with Crippen LogP contribution in [0.4, 0.5) is 0 Å². The smallest absolute Gasteiger partial charge is 0.227 e. The molecule has 5 heteroatoms. The van der Waals surface area contributed by atoms with E-state index in [1.165, 1.54) is 0 Å². The molecule has 0 saturated carbocycles. The first kappa shape index (κ1) is 15.1. The van der Waals surface area contributed by atoms with Crippen LogP contribution in [0.5, 0.6) is 5.75 Å². The molecule has 0 radical (unpaired) electrons. The van der Waals surface area contributed by atoms with E-state index in [4.69, 9.17) is 16.3 Å². The lowest BCUT2D eigenvalue weighted by molar-refractivity contribution is -0.134. The summed E-state index contributed by atoms with van der Waals surface area (Å²) in [4.78, 5) is 14.1. The molecule has 1 aromatic carbocycles. The molecule has 0 spiro atoms. The molecule has 1 aliphatic rings. The second kappa shape index (κ2) is 6.02. The Morgan fingerprint density at radius 1 is 1.45 bits per heavy atom. The van der Waals surface area contributed by atoms with Crippen LogP contribution in [0.25, 0.3) is 0 Å². The van der Waals surface area contributed by atoms with Crippen molar-refractivity contribution >= 4 is 17.5 Å². The van der Waals surface area contributed by atoms with Crippen molar-refractivity contribution in [3.8, 4) is 5.75 Å². The molecule has 1 N–H and O–H groups in total. The summed E-state index contributed by atoms with van der Waals surface area (Å²) in [6.07, 6.45) is 1.50. The maximum absolute atomic E-state index is 12.3. The van der Waals surface area contributed by atoms with E-state index in [9.17, 15) is 9.90 Å². The van der Waals surface area contributed by atoms with E-state index in [2.05, 4.69) is 0 Å². The zero-order valence-electron chi connectivity index (χ0n) is 11.9. The summed E-state index contributed by atoms with van der Waals surface area (Å²) in [6.45, 7) is 3.00. The summed E-state index contributed by atoms with van der Waals surface area (Å²) in [5, 5.41) is 10.5. The number of hydrogen-bond donors (Lipinski definition) is 1. The Labute approximate surface area is 124 Å². The highest BCUT2D eigenvalue weighted by atomic mass is 35.5. The summed E-state index contributed by atoms with van der Waals surface area (Å²) in [5.74, 6) is 0.716. The first-order chi connectivity index (χ1) is 9.41. The van der Waals surface area contributed by atoms with Crippen LogP contribution in [-0.4, -0.2) is 41.7 Å². The van der Waals surface area contributed by atoms with Gasteiger partial charge in [0.2, 0.25) is 5.91 Å². The van der Waals surface area contributed by atoms with Gasteiger partial charge in [-0.05, 0) is 38.0 Å². The van der Waals surface area contributed by atoms with E-state index >= 15 is 0 Å². The fraction of sp³-hybridized carbons (Fsp3) is 0.533. The van der Waals surface area contributed by atoms with Crippen LogP contribution in [0.1, 0.15) is 25.3 Å². The van der Waals surface area contributed by atoms with Gasteiger partial charge in [0.15, 0.2) is 0 Å². The lowest BCUT2D eigenvalue weighted by atomic mass is 9.93. The third-order valence-corrected chi connectivity index (χ3v) is 4.01. The summed E-state index contributed by atoms with van der Waals surface area (Å²) >= 11 is 5.97. The van der Waals surface area contributed by atoms with Crippen LogP contribution in [0.15, 0.2) is 18.2 Å². The predicted octanol–water partition coefficient (Wildman–Crippen LogP) is 2.26. The second-order valence-corrected chi connectivity index (χ2v) is 5.95. The number of likely N-dealkylation sites (tertiary alicyclic amines) is 1. The van der Waals surface area contributed by atoms with E-state index in [1.54, 1.807) is 30.2 Å². The fourth-order valence-corrected chi connectivity index (χ4v) is 2.59. The van der Waals surface area contributed by atoms with Gasteiger partial charge in [0.05, 0.1) is 19.1 Å². The Morgan fingerprint density at radius 3 is 2.70 bits per heavy atom. The van der Waals surface area contributed by atoms with Crippen LogP contribution in [0.2, 0.25) is 5.02 Å². The fourth-order valence-electron chi connectivity index (χ4n) is 2.40. The number of hydrogen-bond acceptors (Lipinski definition) is 3. The van der Waals surface area contributed by atoms with Crippen LogP contribution < -0.4 is 4.74 Å². The molecule has 0 aliphatic carbocycles. The second-order valence-electron chi connectivity index (χ2n) is 5.51. The number of carbonyl (C=O) groups excluding carboxylic acids is 1. The van der Waals surface area contributed by atoms with E-state index in [0.29, 0.717) is 36.7 Å². The van der Waals surface area contributed by atoms with Crippen LogP contribution in [0.3, 0.4) is 0 Å². The molecule has 110 valence electrons. The molecule has 0 unspecified atom stereocenters. The topological polar surface area (TPSA) is 49.8 Å². The van der Waals surface area contributed by atoms with E-state index in [-0.39, 0.29) is 12.3 Å². The van der Waals surface area contributed by atoms with Crippen molar-refractivity contribution in [3.05, 3.63) is 28.8 Å². The van der Waals surface area contributed by atoms with Crippen LogP contribution in [0, 0.1) is 0 Å². The van der Waals surface area contributed by atoms with Gasteiger partial charge in [-0.1, -0.05) is 11.6 Å². The highest BCUT2D eigenvalue weighted by Crippen LogP contribution is 2.25. The van der Waals surface area contributed by atoms with Crippen molar-refractivity contribution in [1.29, 1.82) is 0 Å². The number of methoxy groups -OCH3 is 1. The molecule has 0 bridgehead atoms. The number of ether oxygens (including phenoxy) is 1. The third kappa shape index (κ3) is 3.64. The molecule has 2 rings (SSSR count). The minimum atomic E-state index is -0.648. The van der Waals surface area contributed by atoms with Gasteiger partial charge in [-0.15, -0.1) is 0 Å². The normalized spacial score (nSPS) is 17.9. The van der Waals surface area contributed by atoms with Gasteiger partial charge in [0.1, 0.15) is 5.75 Å². The van der Waals surface area contributed by atoms with Crippen molar-refractivity contribution in [3.63, 3.8) is 0 Å². The molecule has 4 nitrogen and oxygen atoms in total. The van der Waals surface area contributed by atoms with Gasteiger partial charge >= 0.3 is 0 Å². The zero-order chi connectivity index (χ0) is 14.8. The van der Waals surface area contributed by atoms with E-state index < -0.39 is 5.60 Å². The molecule has 0 aromatic heterocycles. The average Bonchev–Trinajstić information content (AvgIpc) is 2.38. The molecule has 0 atom stereocenters. The van der Waals surface area contributed by atoms with Gasteiger partial charge in [0.25, 0.3) is 0 Å². The van der Waals surface area contributed by atoms with Crippen LogP contribution in [-0.2, 0) is 11.2 Å². The van der Waals surface area contributed by atoms with Gasteiger partial charge in [0, 0.05) is 23.7 Å². The van der Waals surface area contributed by atoms with E-state index in [1.807, 2.05) is 6.92 Å². The number of nitrogens with zero attached hydrogens (tertiary/aromatic N) is 1. The molecular weight excluding hydrogens is 278 g/mol. The predicted molar refractivity (Wildman–Crippen MR) is 78.1 cm³/mol. The number of aliphatic hydroxyl groups is 1. The number of halogens is 1. The van der Waals surface area contributed by atoms with Crippen molar-refractivity contribution in [2.75, 3.05) is 20.2 Å². The Morgan fingerprint density at radius 2 is 2.10 bits per heavy atom. The molecular formula is C15H20ClNO3. The van der Waals surface area contributed by atoms with Crippen molar-refractivity contribution in [2.45, 2.75) is 31.8 Å². The monoisotopic (exact) mass is 297 g/mol. The quantitative estimate of drug-likeness (QED) is 0.931. The minimum absolute atomic E-state index is 0.0427. The Hall–Kier alpha value is -1.26. The Bertz CT molecular complexity index is 492. The highest BCUT2D eigenvalue weighted by Gasteiger charge is 2.29. The minimum Gasteiger partial charge on any atom is -0.496 e. The van der Waals surface area contributed by atoms with Crippen molar-refractivity contribution in [1.82, 2.24) is 4.90 Å². The number of benzene rings is 1. The molecule has 1 aliphatic heterocycles. The van der Waals surface area contributed by atoms with Gasteiger partial charge in [-0.3, -0.25) is 4.79 Å². The summed E-state index contributed by atoms with van der Waals surface area (Å²) in [7, 11) is 1.58. The summed E-state index contributed by atoms with van der Waals surface area (Å²) in [5.41, 5.74) is 0.146. The summed E-state index contributed by atoms with van der Waals surface area (Å²) < 4.78 is 5.25. The van der Waals surface area contributed by atoms with Gasteiger partial charge in [-0.25, -0.2) is 0 Å². The van der Waals surface area contributed by atoms with Crippen molar-refractivity contribution < 1.29 is 14.6 Å². The standard InChI is InChI=1S/C15H20ClNO3/c1-15(19)5-7-17(8-6-15)14(18)10-11-9-12(16)3-4-13(11)20-2/h3-4,9,19H,5-8,10H2,1-2H3. The lowest BCUT2D eigenvalue weighted by Gasteiger charge is -2.35. The molecule has 1 heterocycles. The van der Waals surface area contributed by atoms with Gasteiger partial charge in [-0.2, -0.15) is 0 Å². The SMILES string of the molecule is COc1ccc(Cl)cc1CC(=O)N1CCC(C)(O)CC1. The molecule has 1 saturated heterocycles. The Kier molecular flexibility index (Phi) is 4.55. The highest BCUT2D eigenvalue weighted by molar-refractivity contribution is 6.30.